The first kappa shape index (κ1) is 13.8. The third-order valence-electron chi connectivity index (χ3n) is 6.27. The van der Waals surface area contributed by atoms with Crippen LogP contribution in [0.5, 0.6) is 0 Å². The van der Waals surface area contributed by atoms with Gasteiger partial charge in [0, 0.05) is 7.11 Å². The number of rotatable bonds is 5. The molecule has 21 heavy (non-hydrogen) atoms. The van der Waals surface area contributed by atoms with Gasteiger partial charge in [-0.1, -0.05) is 0 Å². The van der Waals surface area contributed by atoms with Crippen molar-refractivity contribution >= 4 is 0 Å². The maximum Gasteiger partial charge on any atom is 0.129 e. The van der Waals surface area contributed by atoms with Crippen LogP contribution in [0.2, 0.25) is 0 Å². The van der Waals surface area contributed by atoms with Crippen LogP contribution in [0.3, 0.4) is 0 Å². The average molecular weight is 289 g/mol. The molecule has 4 saturated carbocycles. The molecule has 1 aromatic heterocycles. The molecule has 1 aromatic rings. The lowest BCUT2D eigenvalue weighted by Gasteiger charge is -2.56. The van der Waals surface area contributed by atoms with Crippen LogP contribution in [0.1, 0.15) is 49.7 Å². The maximum absolute atomic E-state index is 6.05. The number of furan rings is 1. The summed E-state index contributed by atoms with van der Waals surface area (Å²) in [5.74, 6) is 6.70. The number of nitrogens with one attached hydrogen (secondary N) is 1. The van der Waals surface area contributed by atoms with E-state index in [-0.39, 0.29) is 0 Å². The summed E-state index contributed by atoms with van der Waals surface area (Å²) in [6, 6.07) is 4.60. The summed E-state index contributed by atoms with van der Waals surface area (Å²) < 4.78 is 11.2. The lowest BCUT2D eigenvalue weighted by molar-refractivity contribution is -0.0545. The fourth-order valence-electron chi connectivity index (χ4n) is 5.82. The van der Waals surface area contributed by atoms with Crippen molar-refractivity contribution in [1.82, 2.24) is 5.32 Å². The Kier molecular flexibility index (Phi) is 3.58. The molecule has 3 nitrogen and oxygen atoms in total. The van der Waals surface area contributed by atoms with Crippen molar-refractivity contribution in [2.75, 3.05) is 14.2 Å². The van der Waals surface area contributed by atoms with Gasteiger partial charge in [0.05, 0.1) is 6.04 Å². The van der Waals surface area contributed by atoms with Gasteiger partial charge in [-0.25, -0.2) is 0 Å². The monoisotopic (exact) mass is 289 g/mol. The van der Waals surface area contributed by atoms with Crippen LogP contribution in [-0.2, 0) is 11.3 Å². The molecule has 4 aliphatic carbocycles. The van der Waals surface area contributed by atoms with E-state index in [9.17, 15) is 0 Å². The highest BCUT2D eigenvalue weighted by atomic mass is 16.5. The van der Waals surface area contributed by atoms with Crippen LogP contribution >= 0.6 is 0 Å². The molecule has 0 aromatic carbocycles. The van der Waals surface area contributed by atoms with Crippen LogP contribution in [-0.4, -0.2) is 14.2 Å². The predicted octanol–water partition coefficient (Wildman–Crippen LogP) is 3.76. The van der Waals surface area contributed by atoms with Crippen molar-refractivity contribution in [3.63, 3.8) is 0 Å². The van der Waals surface area contributed by atoms with E-state index in [1.807, 2.05) is 0 Å². The van der Waals surface area contributed by atoms with Crippen molar-refractivity contribution < 1.29 is 9.15 Å². The minimum absolute atomic E-state index is 0.380. The highest BCUT2D eigenvalue weighted by molar-refractivity contribution is 5.14. The molecule has 0 aliphatic heterocycles. The van der Waals surface area contributed by atoms with E-state index in [4.69, 9.17) is 9.15 Å². The zero-order chi connectivity index (χ0) is 14.4. The largest absolute Gasteiger partial charge is 0.462 e. The van der Waals surface area contributed by atoms with E-state index in [0.717, 1.165) is 41.1 Å². The van der Waals surface area contributed by atoms with Crippen molar-refractivity contribution in [2.45, 2.75) is 44.8 Å². The van der Waals surface area contributed by atoms with E-state index in [2.05, 4.69) is 24.5 Å². The first-order valence-electron chi connectivity index (χ1n) is 8.53. The van der Waals surface area contributed by atoms with E-state index < -0.39 is 0 Å². The Balaban J connectivity index is 1.57. The van der Waals surface area contributed by atoms with E-state index in [1.54, 1.807) is 7.11 Å². The van der Waals surface area contributed by atoms with Crippen molar-refractivity contribution in [1.29, 1.82) is 0 Å². The SMILES string of the molecule is CNC(c1ccc(COC)o1)C1C2CC3CC(C2)CC1C3. The molecular formula is C18H27NO2. The Hall–Kier alpha value is -0.800. The molecule has 1 unspecified atom stereocenters. The maximum atomic E-state index is 6.05. The van der Waals surface area contributed by atoms with Crippen LogP contribution in [0.15, 0.2) is 16.5 Å². The number of methoxy groups -OCH3 is 1. The molecule has 3 heteroatoms. The predicted molar refractivity (Wildman–Crippen MR) is 81.8 cm³/mol. The van der Waals surface area contributed by atoms with Crippen LogP contribution in [0.25, 0.3) is 0 Å². The van der Waals surface area contributed by atoms with Crippen LogP contribution in [0.4, 0.5) is 0 Å². The number of hydrogen-bond acceptors (Lipinski definition) is 3. The Bertz CT molecular complexity index is 467. The average Bonchev–Trinajstić information content (AvgIpc) is 2.91. The molecule has 1 N–H and O–H groups in total. The normalized spacial score (nSPS) is 38.9. The summed E-state index contributed by atoms with van der Waals surface area (Å²) in [7, 11) is 3.81. The van der Waals surface area contributed by atoms with Gasteiger partial charge in [0.1, 0.15) is 18.1 Å². The van der Waals surface area contributed by atoms with Gasteiger partial charge in [0.15, 0.2) is 0 Å². The second-order valence-corrected chi connectivity index (χ2v) is 7.51. The molecule has 4 aliphatic rings. The zero-order valence-electron chi connectivity index (χ0n) is 13.2. The molecule has 116 valence electrons. The minimum atomic E-state index is 0.380. The van der Waals surface area contributed by atoms with Gasteiger partial charge in [0.25, 0.3) is 0 Å². The number of hydrogen-bond donors (Lipinski definition) is 1. The molecular weight excluding hydrogens is 262 g/mol. The van der Waals surface area contributed by atoms with Crippen LogP contribution < -0.4 is 5.32 Å². The molecule has 1 atom stereocenters. The lowest BCUT2D eigenvalue weighted by Crippen LogP contribution is -2.49. The highest BCUT2D eigenvalue weighted by Gasteiger charge is 2.51. The van der Waals surface area contributed by atoms with Gasteiger partial charge in [-0.15, -0.1) is 0 Å². The molecule has 4 bridgehead atoms. The topological polar surface area (TPSA) is 34.4 Å². The number of ether oxygens (including phenoxy) is 1. The molecule has 5 rings (SSSR count). The standard InChI is InChI=1S/C18H27NO2/c1-19-18(16-4-3-15(21-16)10-20-2)17-13-6-11-5-12(8-13)9-14(17)7-11/h3-4,11-14,17-19H,5-10H2,1-2H3. The summed E-state index contributed by atoms with van der Waals surface area (Å²) in [5, 5.41) is 3.57. The summed E-state index contributed by atoms with van der Waals surface area (Å²) in [5.41, 5.74) is 0. The summed E-state index contributed by atoms with van der Waals surface area (Å²) in [6.07, 6.45) is 7.36. The first-order valence-corrected chi connectivity index (χ1v) is 8.53. The van der Waals surface area contributed by atoms with Gasteiger partial charge in [-0.2, -0.15) is 0 Å². The Morgan fingerprint density at radius 1 is 1.14 bits per heavy atom. The Labute approximate surface area is 127 Å². The fourth-order valence-corrected chi connectivity index (χ4v) is 5.82. The molecule has 0 radical (unpaired) electrons. The van der Waals surface area contributed by atoms with Crippen LogP contribution in [0, 0.1) is 29.6 Å². The third kappa shape index (κ3) is 2.35. The highest BCUT2D eigenvalue weighted by Crippen LogP contribution is 2.59. The summed E-state index contributed by atoms with van der Waals surface area (Å²) in [6.45, 7) is 0.568. The smallest absolute Gasteiger partial charge is 0.129 e. The Morgan fingerprint density at radius 3 is 2.38 bits per heavy atom. The molecule has 0 amide bonds. The first-order chi connectivity index (χ1) is 10.3. The molecule has 1 heterocycles. The molecule has 0 spiro atoms. The van der Waals surface area contributed by atoms with Crippen molar-refractivity contribution in [2.24, 2.45) is 29.6 Å². The molecule has 0 saturated heterocycles. The van der Waals surface area contributed by atoms with Gasteiger partial charge in [0.2, 0.25) is 0 Å². The second-order valence-electron chi connectivity index (χ2n) is 7.51. The molecule has 4 fully saturated rings. The quantitative estimate of drug-likeness (QED) is 0.896. The van der Waals surface area contributed by atoms with E-state index in [1.165, 1.54) is 32.1 Å². The third-order valence-corrected chi connectivity index (χ3v) is 6.27. The summed E-state index contributed by atoms with van der Waals surface area (Å²) in [4.78, 5) is 0. The second kappa shape index (κ2) is 5.44. The van der Waals surface area contributed by atoms with Crippen molar-refractivity contribution in [3.05, 3.63) is 23.7 Å². The van der Waals surface area contributed by atoms with Gasteiger partial charge in [-0.05, 0) is 80.9 Å². The zero-order valence-corrected chi connectivity index (χ0v) is 13.2. The Morgan fingerprint density at radius 2 is 1.81 bits per heavy atom. The van der Waals surface area contributed by atoms with Gasteiger partial charge < -0.3 is 14.5 Å². The summed E-state index contributed by atoms with van der Waals surface area (Å²) >= 11 is 0. The minimum Gasteiger partial charge on any atom is -0.462 e. The van der Waals surface area contributed by atoms with E-state index >= 15 is 0 Å². The lowest BCUT2D eigenvalue weighted by atomic mass is 9.50. The van der Waals surface area contributed by atoms with Gasteiger partial charge in [-0.3, -0.25) is 0 Å². The van der Waals surface area contributed by atoms with Crippen molar-refractivity contribution in [3.8, 4) is 0 Å². The van der Waals surface area contributed by atoms with E-state index in [0.29, 0.717) is 12.6 Å². The fraction of sp³-hybridized carbons (Fsp3) is 0.778. The van der Waals surface area contributed by atoms with Gasteiger partial charge >= 0.3 is 0 Å².